The molecule has 1 amide bonds. The molecule has 1 unspecified atom stereocenters. The third-order valence-electron chi connectivity index (χ3n) is 4.36. The Morgan fingerprint density at radius 2 is 1.88 bits per heavy atom. The SMILES string of the molecule is CC(C)(C)C1C(=O)CC12CCN(C(=O)O)CC2. The Kier molecular flexibility index (Phi) is 2.71. The number of rotatable bonds is 0. The molecular weight excluding hydrogens is 218 g/mol. The van der Waals surface area contributed by atoms with E-state index >= 15 is 0 Å². The molecule has 0 aromatic carbocycles. The van der Waals surface area contributed by atoms with Gasteiger partial charge in [0.15, 0.2) is 0 Å². The van der Waals surface area contributed by atoms with Gasteiger partial charge in [0.25, 0.3) is 0 Å². The van der Waals surface area contributed by atoms with E-state index < -0.39 is 6.09 Å². The second-order valence-electron chi connectivity index (χ2n) is 6.57. The van der Waals surface area contributed by atoms with Gasteiger partial charge < -0.3 is 10.0 Å². The number of hydrogen-bond donors (Lipinski definition) is 1. The molecule has 4 nitrogen and oxygen atoms in total. The van der Waals surface area contributed by atoms with Crippen molar-refractivity contribution in [2.75, 3.05) is 13.1 Å². The second kappa shape index (κ2) is 3.72. The normalized spacial score (nSPS) is 28.1. The summed E-state index contributed by atoms with van der Waals surface area (Å²) in [7, 11) is 0. The summed E-state index contributed by atoms with van der Waals surface area (Å²) < 4.78 is 0. The van der Waals surface area contributed by atoms with Crippen molar-refractivity contribution >= 4 is 11.9 Å². The summed E-state index contributed by atoms with van der Waals surface area (Å²) in [5.41, 5.74) is 0.0853. The predicted molar refractivity (Wildman–Crippen MR) is 63.8 cm³/mol. The fourth-order valence-corrected chi connectivity index (χ4v) is 3.77. The van der Waals surface area contributed by atoms with E-state index in [2.05, 4.69) is 20.8 Å². The molecule has 17 heavy (non-hydrogen) atoms. The van der Waals surface area contributed by atoms with Crippen molar-refractivity contribution in [3.8, 4) is 0 Å². The number of amides is 1. The molecule has 0 aromatic rings. The van der Waals surface area contributed by atoms with Crippen LogP contribution in [0.2, 0.25) is 0 Å². The van der Waals surface area contributed by atoms with Crippen molar-refractivity contribution in [2.24, 2.45) is 16.7 Å². The Morgan fingerprint density at radius 3 is 2.24 bits per heavy atom. The standard InChI is InChI=1S/C13H21NO3/c1-12(2,3)10-9(15)8-13(10)4-6-14(7-5-13)11(16)17/h10H,4-8H2,1-3H3,(H,16,17). The van der Waals surface area contributed by atoms with Crippen LogP contribution in [0.15, 0.2) is 0 Å². The average Bonchev–Trinajstić information content (AvgIpc) is 2.14. The van der Waals surface area contributed by atoms with Gasteiger partial charge in [0, 0.05) is 25.4 Å². The minimum Gasteiger partial charge on any atom is -0.465 e. The number of nitrogens with zero attached hydrogens (tertiary/aromatic N) is 1. The van der Waals surface area contributed by atoms with Crippen LogP contribution in [-0.2, 0) is 4.79 Å². The highest BCUT2D eigenvalue weighted by atomic mass is 16.4. The lowest BCUT2D eigenvalue weighted by Crippen LogP contribution is -2.59. The van der Waals surface area contributed by atoms with Gasteiger partial charge in [-0.15, -0.1) is 0 Å². The van der Waals surface area contributed by atoms with E-state index in [0.717, 1.165) is 12.8 Å². The van der Waals surface area contributed by atoms with E-state index in [1.807, 2.05) is 0 Å². The molecule has 1 N–H and O–H groups in total. The molecule has 1 aliphatic carbocycles. The van der Waals surface area contributed by atoms with Crippen LogP contribution in [-0.4, -0.2) is 35.0 Å². The van der Waals surface area contributed by atoms with Crippen molar-refractivity contribution in [3.63, 3.8) is 0 Å². The first-order chi connectivity index (χ1) is 7.76. The van der Waals surface area contributed by atoms with Gasteiger partial charge in [-0.2, -0.15) is 0 Å². The van der Waals surface area contributed by atoms with Gasteiger partial charge in [0.1, 0.15) is 5.78 Å². The third kappa shape index (κ3) is 1.94. The van der Waals surface area contributed by atoms with E-state index in [1.165, 1.54) is 4.90 Å². The van der Waals surface area contributed by atoms with Crippen LogP contribution >= 0.6 is 0 Å². The average molecular weight is 239 g/mol. The summed E-state index contributed by atoms with van der Waals surface area (Å²) in [4.78, 5) is 24.2. The fourth-order valence-electron chi connectivity index (χ4n) is 3.77. The van der Waals surface area contributed by atoms with Crippen molar-refractivity contribution in [2.45, 2.75) is 40.0 Å². The molecule has 2 fully saturated rings. The van der Waals surface area contributed by atoms with E-state index in [9.17, 15) is 9.59 Å². The number of carbonyl (C=O) groups is 2. The topological polar surface area (TPSA) is 57.6 Å². The summed E-state index contributed by atoms with van der Waals surface area (Å²) >= 11 is 0. The molecule has 1 saturated carbocycles. The van der Waals surface area contributed by atoms with E-state index in [0.29, 0.717) is 25.3 Å². The highest BCUT2D eigenvalue weighted by Gasteiger charge is 2.58. The third-order valence-corrected chi connectivity index (χ3v) is 4.36. The summed E-state index contributed by atoms with van der Waals surface area (Å²) in [5.74, 6) is 0.479. The van der Waals surface area contributed by atoms with Gasteiger partial charge in [-0.1, -0.05) is 20.8 Å². The Balaban J connectivity index is 2.08. The van der Waals surface area contributed by atoms with Gasteiger partial charge in [-0.25, -0.2) is 4.79 Å². The van der Waals surface area contributed by atoms with Crippen LogP contribution in [0.25, 0.3) is 0 Å². The maximum atomic E-state index is 11.8. The van der Waals surface area contributed by atoms with E-state index in [1.54, 1.807) is 0 Å². The van der Waals surface area contributed by atoms with Gasteiger partial charge in [0.2, 0.25) is 0 Å². The molecule has 2 rings (SSSR count). The molecule has 4 heteroatoms. The van der Waals surface area contributed by atoms with E-state index in [-0.39, 0.29) is 16.7 Å². The summed E-state index contributed by atoms with van der Waals surface area (Å²) in [6.07, 6.45) is 1.50. The van der Waals surface area contributed by atoms with Gasteiger partial charge in [-0.05, 0) is 23.7 Å². The van der Waals surface area contributed by atoms with Crippen molar-refractivity contribution < 1.29 is 14.7 Å². The molecule has 1 spiro atoms. The zero-order chi connectivity index (χ0) is 12.8. The minimum absolute atomic E-state index is 0.000721. The first-order valence-electron chi connectivity index (χ1n) is 6.27. The Hall–Kier alpha value is -1.06. The maximum absolute atomic E-state index is 11.8. The van der Waals surface area contributed by atoms with Crippen LogP contribution < -0.4 is 0 Å². The van der Waals surface area contributed by atoms with Crippen molar-refractivity contribution in [3.05, 3.63) is 0 Å². The number of carbonyl (C=O) groups excluding carboxylic acids is 1. The highest BCUT2D eigenvalue weighted by molar-refractivity contribution is 5.89. The fraction of sp³-hybridized carbons (Fsp3) is 0.846. The lowest BCUT2D eigenvalue weighted by atomic mass is 9.48. The molecule has 1 atom stereocenters. The lowest BCUT2D eigenvalue weighted by molar-refractivity contribution is -0.157. The van der Waals surface area contributed by atoms with Gasteiger partial charge in [-0.3, -0.25) is 4.79 Å². The zero-order valence-electron chi connectivity index (χ0n) is 10.8. The quantitative estimate of drug-likeness (QED) is 0.706. The van der Waals surface area contributed by atoms with Gasteiger partial charge >= 0.3 is 6.09 Å². The van der Waals surface area contributed by atoms with Crippen LogP contribution in [0.5, 0.6) is 0 Å². The Morgan fingerprint density at radius 1 is 1.35 bits per heavy atom. The number of carboxylic acid groups (broad SMARTS) is 1. The largest absolute Gasteiger partial charge is 0.465 e. The molecule has 0 aromatic heterocycles. The number of Topliss-reactive ketones (excluding diaryl/α,β-unsaturated/α-hetero) is 1. The number of ketones is 1. The highest BCUT2D eigenvalue weighted by Crippen LogP contribution is 2.57. The first kappa shape index (κ1) is 12.4. The second-order valence-corrected chi connectivity index (χ2v) is 6.57. The van der Waals surface area contributed by atoms with Crippen molar-refractivity contribution in [1.82, 2.24) is 4.90 Å². The van der Waals surface area contributed by atoms with Crippen LogP contribution in [0, 0.1) is 16.7 Å². The molecule has 1 aliphatic heterocycles. The number of piperidine rings is 1. The van der Waals surface area contributed by atoms with Crippen molar-refractivity contribution in [1.29, 1.82) is 0 Å². The number of likely N-dealkylation sites (tertiary alicyclic amines) is 1. The lowest BCUT2D eigenvalue weighted by Gasteiger charge is -2.56. The van der Waals surface area contributed by atoms with Crippen LogP contribution in [0.4, 0.5) is 4.79 Å². The molecule has 1 heterocycles. The van der Waals surface area contributed by atoms with Crippen LogP contribution in [0.3, 0.4) is 0 Å². The molecule has 2 aliphatic rings. The van der Waals surface area contributed by atoms with Gasteiger partial charge in [0.05, 0.1) is 0 Å². The Labute approximate surface area is 102 Å². The van der Waals surface area contributed by atoms with E-state index in [4.69, 9.17) is 5.11 Å². The Bertz CT molecular complexity index is 348. The zero-order valence-corrected chi connectivity index (χ0v) is 10.8. The molecule has 1 saturated heterocycles. The summed E-state index contributed by atoms with van der Waals surface area (Å²) in [6, 6.07) is 0. The first-order valence-corrected chi connectivity index (χ1v) is 6.27. The smallest absolute Gasteiger partial charge is 0.407 e. The summed E-state index contributed by atoms with van der Waals surface area (Å²) in [6.45, 7) is 7.49. The molecule has 0 radical (unpaired) electrons. The molecular formula is C13H21NO3. The monoisotopic (exact) mass is 239 g/mol. The van der Waals surface area contributed by atoms with Crippen LogP contribution in [0.1, 0.15) is 40.0 Å². The molecule has 96 valence electrons. The summed E-state index contributed by atoms with van der Waals surface area (Å²) in [5, 5.41) is 8.94. The maximum Gasteiger partial charge on any atom is 0.407 e. The number of hydrogen-bond acceptors (Lipinski definition) is 2. The predicted octanol–water partition coefficient (Wildman–Crippen LogP) is 2.38. The molecule has 0 bridgehead atoms. The minimum atomic E-state index is -0.835.